The van der Waals surface area contributed by atoms with E-state index >= 15 is 0 Å². The van der Waals surface area contributed by atoms with E-state index in [0.29, 0.717) is 15.7 Å². The molecule has 2 aromatic rings. The maximum absolute atomic E-state index is 10.9. The molecular weight excluding hydrogens is 250 g/mol. The fourth-order valence-corrected chi connectivity index (χ4v) is 2.20. The van der Waals surface area contributed by atoms with Crippen LogP contribution in [0.25, 0.3) is 0 Å². The van der Waals surface area contributed by atoms with Gasteiger partial charge in [0, 0.05) is 22.5 Å². The van der Waals surface area contributed by atoms with Crippen molar-refractivity contribution in [1.29, 1.82) is 0 Å². The van der Waals surface area contributed by atoms with Crippen LogP contribution in [0.2, 0.25) is 0 Å². The topological polar surface area (TPSA) is 89.1 Å². The fraction of sp³-hybridized carbons (Fsp3) is 0.0833. The highest BCUT2D eigenvalue weighted by Gasteiger charge is 2.09. The van der Waals surface area contributed by atoms with Crippen molar-refractivity contribution in [3.05, 3.63) is 41.7 Å². The number of hydrogen-bond acceptors (Lipinski definition) is 5. The van der Waals surface area contributed by atoms with Crippen LogP contribution in [0.15, 0.2) is 40.5 Å². The molecule has 6 heteroatoms. The summed E-state index contributed by atoms with van der Waals surface area (Å²) in [5, 5.41) is 9.47. The molecule has 0 radical (unpaired) electrons. The van der Waals surface area contributed by atoms with Gasteiger partial charge in [0.1, 0.15) is 0 Å². The molecule has 0 atom stereocenters. The Morgan fingerprint density at radius 1 is 1.39 bits per heavy atom. The van der Waals surface area contributed by atoms with E-state index < -0.39 is 5.97 Å². The second kappa shape index (κ2) is 5.05. The van der Waals surface area contributed by atoms with Gasteiger partial charge in [-0.25, -0.2) is 14.8 Å². The molecule has 0 unspecified atom stereocenters. The lowest BCUT2D eigenvalue weighted by Gasteiger charge is -2.05. The smallest absolute Gasteiger partial charge is 0.335 e. The summed E-state index contributed by atoms with van der Waals surface area (Å²) >= 11 is 1.25. The van der Waals surface area contributed by atoms with Crippen molar-refractivity contribution in [3.8, 4) is 0 Å². The zero-order chi connectivity index (χ0) is 13.1. The number of anilines is 1. The summed E-state index contributed by atoms with van der Waals surface area (Å²) in [5.41, 5.74) is 7.36. The van der Waals surface area contributed by atoms with E-state index in [-0.39, 0.29) is 5.56 Å². The van der Waals surface area contributed by atoms with Crippen molar-refractivity contribution in [2.75, 3.05) is 5.73 Å². The molecule has 0 saturated carbocycles. The summed E-state index contributed by atoms with van der Waals surface area (Å²) in [5.74, 6) is -0.984. The number of aryl methyl sites for hydroxylation is 1. The first-order valence-corrected chi connectivity index (χ1v) is 5.98. The van der Waals surface area contributed by atoms with Crippen LogP contribution >= 0.6 is 11.8 Å². The average Bonchev–Trinajstić information content (AvgIpc) is 2.31. The van der Waals surface area contributed by atoms with E-state index in [9.17, 15) is 4.79 Å². The second-order valence-corrected chi connectivity index (χ2v) is 4.65. The average molecular weight is 261 g/mol. The first-order chi connectivity index (χ1) is 8.56. The van der Waals surface area contributed by atoms with E-state index in [4.69, 9.17) is 10.8 Å². The summed E-state index contributed by atoms with van der Waals surface area (Å²) in [6, 6.07) is 6.36. The molecular formula is C12H11N3O2S. The predicted octanol–water partition coefficient (Wildman–Crippen LogP) is 2.22. The largest absolute Gasteiger partial charge is 0.478 e. The SMILES string of the molecule is Cc1ccnc(Sc2cc(C(=O)O)ccc2N)n1. The number of carboxylic acid groups (broad SMARTS) is 1. The van der Waals surface area contributed by atoms with Crippen molar-refractivity contribution < 1.29 is 9.90 Å². The van der Waals surface area contributed by atoms with Crippen molar-refractivity contribution in [2.45, 2.75) is 17.0 Å². The molecule has 2 rings (SSSR count). The minimum Gasteiger partial charge on any atom is -0.478 e. The minimum absolute atomic E-state index is 0.194. The molecule has 0 fully saturated rings. The molecule has 0 saturated heterocycles. The number of benzene rings is 1. The summed E-state index contributed by atoms with van der Waals surface area (Å²) in [7, 11) is 0. The van der Waals surface area contributed by atoms with Gasteiger partial charge in [0.15, 0.2) is 5.16 Å². The number of nitrogens with two attached hydrogens (primary N) is 1. The third-order valence-electron chi connectivity index (χ3n) is 2.23. The van der Waals surface area contributed by atoms with Crippen molar-refractivity contribution in [3.63, 3.8) is 0 Å². The van der Waals surface area contributed by atoms with E-state index in [1.807, 2.05) is 6.92 Å². The molecule has 5 nitrogen and oxygen atoms in total. The third kappa shape index (κ3) is 2.78. The van der Waals surface area contributed by atoms with Crippen LogP contribution in [0.1, 0.15) is 16.1 Å². The van der Waals surface area contributed by atoms with Gasteiger partial charge in [0.25, 0.3) is 0 Å². The lowest BCUT2D eigenvalue weighted by Crippen LogP contribution is -1.98. The minimum atomic E-state index is -0.984. The Bertz CT molecular complexity index is 602. The van der Waals surface area contributed by atoms with Crippen molar-refractivity contribution in [1.82, 2.24) is 9.97 Å². The standard InChI is InChI=1S/C12H11N3O2S/c1-7-4-5-14-12(15-7)18-10-6-8(11(16)17)2-3-9(10)13/h2-6H,13H2,1H3,(H,16,17). The summed E-state index contributed by atoms with van der Waals surface area (Å²) < 4.78 is 0. The fourth-order valence-electron chi connectivity index (χ4n) is 1.33. The Hall–Kier alpha value is -2.08. The maximum Gasteiger partial charge on any atom is 0.335 e. The third-order valence-corrected chi connectivity index (χ3v) is 3.19. The predicted molar refractivity (Wildman–Crippen MR) is 68.7 cm³/mol. The summed E-state index contributed by atoms with van der Waals surface area (Å²) in [4.78, 5) is 19.9. The van der Waals surface area contributed by atoms with Crippen molar-refractivity contribution >= 4 is 23.4 Å². The maximum atomic E-state index is 10.9. The molecule has 0 aliphatic heterocycles. The zero-order valence-electron chi connectivity index (χ0n) is 9.62. The van der Waals surface area contributed by atoms with Crippen molar-refractivity contribution in [2.24, 2.45) is 0 Å². The lowest BCUT2D eigenvalue weighted by molar-refractivity contribution is 0.0696. The summed E-state index contributed by atoms with van der Waals surface area (Å²) in [6.45, 7) is 1.86. The highest BCUT2D eigenvalue weighted by molar-refractivity contribution is 7.99. The van der Waals surface area contributed by atoms with Gasteiger partial charge in [0.2, 0.25) is 0 Å². The van der Waals surface area contributed by atoms with E-state index in [0.717, 1.165) is 5.69 Å². The van der Waals surface area contributed by atoms with Crippen LogP contribution in [0.5, 0.6) is 0 Å². The van der Waals surface area contributed by atoms with E-state index in [2.05, 4.69) is 9.97 Å². The van der Waals surface area contributed by atoms with E-state index in [1.54, 1.807) is 18.3 Å². The Morgan fingerprint density at radius 3 is 2.83 bits per heavy atom. The lowest BCUT2D eigenvalue weighted by atomic mass is 10.2. The van der Waals surface area contributed by atoms with Gasteiger partial charge in [0.05, 0.1) is 5.56 Å². The van der Waals surface area contributed by atoms with Crippen LogP contribution in [0.3, 0.4) is 0 Å². The zero-order valence-corrected chi connectivity index (χ0v) is 10.4. The van der Waals surface area contributed by atoms with Gasteiger partial charge in [-0.3, -0.25) is 0 Å². The van der Waals surface area contributed by atoms with Crippen LogP contribution in [-0.2, 0) is 0 Å². The Morgan fingerprint density at radius 2 is 2.17 bits per heavy atom. The molecule has 92 valence electrons. The Labute approximate surface area is 108 Å². The number of hydrogen-bond donors (Lipinski definition) is 2. The van der Waals surface area contributed by atoms with Gasteiger partial charge in [-0.1, -0.05) is 0 Å². The quantitative estimate of drug-likeness (QED) is 0.650. The summed E-state index contributed by atoms with van der Waals surface area (Å²) in [6.07, 6.45) is 1.65. The number of aromatic nitrogens is 2. The van der Waals surface area contributed by atoms with E-state index in [1.165, 1.54) is 23.9 Å². The Kier molecular flexibility index (Phi) is 3.47. The first-order valence-electron chi connectivity index (χ1n) is 5.16. The van der Waals surface area contributed by atoms with Gasteiger partial charge in [-0.05, 0) is 43.0 Å². The molecule has 0 aliphatic rings. The normalized spacial score (nSPS) is 10.3. The first kappa shape index (κ1) is 12.4. The van der Waals surface area contributed by atoms with Crippen LogP contribution in [0.4, 0.5) is 5.69 Å². The second-order valence-electron chi connectivity index (χ2n) is 3.64. The van der Waals surface area contributed by atoms with Gasteiger partial charge in [-0.15, -0.1) is 0 Å². The molecule has 3 N–H and O–H groups in total. The Balaban J connectivity index is 2.33. The van der Waals surface area contributed by atoms with Gasteiger partial charge < -0.3 is 10.8 Å². The van der Waals surface area contributed by atoms with Crippen LogP contribution in [-0.4, -0.2) is 21.0 Å². The molecule has 0 spiro atoms. The number of nitrogens with zero attached hydrogens (tertiary/aromatic N) is 2. The molecule has 0 bridgehead atoms. The molecule has 1 aromatic heterocycles. The number of rotatable bonds is 3. The van der Waals surface area contributed by atoms with Crippen LogP contribution < -0.4 is 5.73 Å². The monoisotopic (exact) mass is 261 g/mol. The molecule has 18 heavy (non-hydrogen) atoms. The number of aromatic carboxylic acids is 1. The molecule has 0 aliphatic carbocycles. The van der Waals surface area contributed by atoms with Gasteiger partial charge in [-0.2, -0.15) is 0 Å². The highest BCUT2D eigenvalue weighted by Crippen LogP contribution is 2.30. The molecule has 1 aromatic carbocycles. The highest BCUT2D eigenvalue weighted by atomic mass is 32.2. The number of carbonyl (C=O) groups is 1. The number of carboxylic acids is 1. The van der Waals surface area contributed by atoms with Crippen LogP contribution in [0, 0.1) is 6.92 Å². The molecule has 0 amide bonds. The van der Waals surface area contributed by atoms with Gasteiger partial charge >= 0.3 is 5.97 Å². The number of nitrogen functional groups attached to an aromatic ring is 1. The molecule has 1 heterocycles.